The van der Waals surface area contributed by atoms with E-state index < -0.39 is 0 Å². The summed E-state index contributed by atoms with van der Waals surface area (Å²) >= 11 is 0. The van der Waals surface area contributed by atoms with E-state index in [0.29, 0.717) is 12.8 Å². The number of carbonyl (C=O) groups is 2. The standard InChI is InChI=1S/C26H23NO3/c1-18-6-5-9-21(12-18)25-16-23(28)15-22-13-20(10-11-24(22)27-25)14-26(29)30-17-19-7-3-2-4-8-19/h2-13H,14-17H2,1H3. The predicted molar refractivity (Wildman–Crippen MR) is 117 cm³/mol. The summed E-state index contributed by atoms with van der Waals surface area (Å²) in [5.41, 5.74) is 6.33. The monoisotopic (exact) mass is 397 g/mol. The quantitative estimate of drug-likeness (QED) is 0.575. The number of esters is 1. The number of fused-ring (bicyclic) bond motifs is 1. The molecule has 150 valence electrons. The van der Waals surface area contributed by atoms with Crippen LogP contribution in [0, 0.1) is 6.92 Å². The molecule has 0 amide bonds. The highest BCUT2D eigenvalue weighted by Gasteiger charge is 2.19. The van der Waals surface area contributed by atoms with Crippen molar-refractivity contribution in [3.8, 4) is 0 Å². The zero-order valence-corrected chi connectivity index (χ0v) is 16.9. The van der Waals surface area contributed by atoms with Gasteiger partial charge in [0.1, 0.15) is 12.4 Å². The summed E-state index contributed by atoms with van der Waals surface area (Å²) in [5.74, 6) is -0.166. The third-order valence-corrected chi connectivity index (χ3v) is 5.09. The van der Waals surface area contributed by atoms with Crippen LogP contribution in [0.25, 0.3) is 0 Å². The van der Waals surface area contributed by atoms with E-state index in [-0.39, 0.29) is 24.8 Å². The van der Waals surface area contributed by atoms with Crippen LogP contribution in [0.1, 0.15) is 34.2 Å². The highest BCUT2D eigenvalue weighted by atomic mass is 16.5. The molecule has 0 saturated heterocycles. The zero-order chi connectivity index (χ0) is 20.9. The minimum Gasteiger partial charge on any atom is -0.461 e. The van der Waals surface area contributed by atoms with Crippen molar-refractivity contribution in [3.05, 3.63) is 101 Å². The van der Waals surface area contributed by atoms with E-state index in [1.54, 1.807) is 0 Å². The fourth-order valence-corrected chi connectivity index (χ4v) is 3.59. The molecule has 0 spiro atoms. The van der Waals surface area contributed by atoms with Gasteiger partial charge >= 0.3 is 5.97 Å². The van der Waals surface area contributed by atoms with Gasteiger partial charge in [-0.2, -0.15) is 0 Å². The summed E-state index contributed by atoms with van der Waals surface area (Å²) in [6.07, 6.45) is 0.802. The Kier molecular flexibility index (Phi) is 5.84. The molecular formula is C26H23NO3. The van der Waals surface area contributed by atoms with Gasteiger partial charge in [-0.15, -0.1) is 0 Å². The van der Waals surface area contributed by atoms with Crippen molar-refractivity contribution in [1.29, 1.82) is 0 Å². The molecule has 1 heterocycles. The number of aryl methyl sites for hydroxylation is 1. The van der Waals surface area contributed by atoms with Crippen molar-refractivity contribution < 1.29 is 14.3 Å². The Bertz CT molecular complexity index is 1120. The molecule has 3 aromatic carbocycles. The van der Waals surface area contributed by atoms with Crippen molar-refractivity contribution in [3.63, 3.8) is 0 Å². The smallest absolute Gasteiger partial charge is 0.310 e. The van der Waals surface area contributed by atoms with Crippen molar-refractivity contribution in [1.82, 2.24) is 0 Å². The predicted octanol–water partition coefficient (Wildman–Crippen LogP) is 4.92. The van der Waals surface area contributed by atoms with Gasteiger partial charge in [0.2, 0.25) is 0 Å². The summed E-state index contributed by atoms with van der Waals surface area (Å²) in [4.78, 5) is 29.6. The first-order chi connectivity index (χ1) is 14.6. The van der Waals surface area contributed by atoms with Crippen molar-refractivity contribution >= 4 is 23.2 Å². The number of rotatable bonds is 5. The van der Waals surface area contributed by atoms with Gasteiger partial charge < -0.3 is 4.74 Å². The van der Waals surface area contributed by atoms with E-state index in [4.69, 9.17) is 9.73 Å². The first kappa shape index (κ1) is 19.8. The molecule has 0 unspecified atom stereocenters. The van der Waals surface area contributed by atoms with E-state index in [9.17, 15) is 9.59 Å². The second-order valence-electron chi connectivity index (χ2n) is 7.61. The van der Waals surface area contributed by atoms with Gasteiger partial charge in [0.15, 0.2) is 0 Å². The maximum atomic E-state index is 12.5. The molecule has 0 aromatic heterocycles. The number of ketones is 1. The average molecular weight is 397 g/mol. The zero-order valence-electron chi connectivity index (χ0n) is 16.9. The minimum atomic E-state index is -0.289. The van der Waals surface area contributed by atoms with E-state index in [1.165, 1.54) is 0 Å². The van der Waals surface area contributed by atoms with E-state index in [2.05, 4.69) is 0 Å². The van der Waals surface area contributed by atoms with Crippen LogP contribution >= 0.6 is 0 Å². The normalized spacial score (nSPS) is 13.2. The van der Waals surface area contributed by atoms with Crippen LogP contribution in [0.5, 0.6) is 0 Å². The first-order valence-corrected chi connectivity index (χ1v) is 10.0. The molecule has 0 radical (unpaired) electrons. The molecule has 0 saturated carbocycles. The maximum Gasteiger partial charge on any atom is 0.310 e. The Labute approximate surface area is 176 Å². The summed E-state index contributed by atoms with van der Waals surface area (Å²) in [6, 6.07) is 23.3. The van der Waals surface area contributed by atoms with Gasteiger partial charge in [-0.3, -0.25) is 14.6 Å². The number of ether oxygens (including phenoxy) is 1. The summed E-state index contributed by atoms with van der Waals surface area (Å²) < 4.78 is 5.37. The number of aliphatic imine (C=N–C) groups is 1. The van der Waals surface area contributed by atoms with Gasteiger partial charge in [-0.25, -0.2) is 0 Å². The summed E-state index contributed by atoms with van der Waals surface area (Å²) in [5, 5.41) is 0. The fourth-order valence-electron chi connectivity index (χ4n) is 3.59. The highest BCUT2D eigenvalue weighted by molar-refractivity contribution is 6.13. The molecule has 4 rings (SSSR count). The SMILES string of the molecule is Cc1cccc(C2=Nc3ccc(CC(=O)OCc4ccccc4)cc3CC(=O)C2)c1. The molecule has 1 aliphatic rings. The number of Topliss-reactive ketones (excluding diaryl/α,β-unsaturated/α-hetero) is 1. The topological polar surface area (TPSA) is 55.7 Å². The van der Waals surface area contributed by atoms with Crippen molar-refractivity contribution in [2.24, 2.45) is 4.99 Å². The van der Waals surface area contributed by atoms with E-state index in [1.807, 2.05) is 79.7 Å². The molecule has 0 bridgehead atoms. The van der Waals surface area contributed by atoms with Crippen molar-refractivity contribution in [2.75, 3.05) is 0 Å². The Morgan fingerprint density at radius 1 is 0.933 bits per heavy atom. The maximum absolute atomic E-state index is 12.5. The van der Waals surface area contributed by atoms with Gasteiger partial charge in [0.25, 0.3) is 0 Å². The Hall–Kier alpha value is -3.53. The molecule has 1 aliphatic heterocycles. The molecular weight excluding hydrogens is 374 g/mol. The van der Waals surface area contributed by atoms with Crippen LogP contribution in [0.4, 0.5) is 5.69 Å². The number of hydrogen-bond acceptors (Lipinski definition) is 4. The first-order valence-electron chi connectivity index (χ1n) is 10.0. The largest absolute Gasteiger partial charge is 0.461 e. The number of carbonyl (C=O) groups excluding carboxylic acids is 2. The Morgan fingerprint density at radius 3 is 2.57 bits per heavy atom. The van der Waals surface area contributed by atoms with Gasteiger partial charge in [-0.05, 0) is 35.2 Å². The van der Waals surface area contributed by atoms with Crippen LogP contribution in [0.15, 0.2) is 77.8 Å². The fraction of sp³-hybridized carbons (Fsp3) is 0.192. The lowest BCUT2D eigenvalue weighted by Crippen LogP contribution is -2.10. The lowest BCUT2D eigenvalue weighted by atomic mass is 10.00. The van der Waals surface area contributed by atoms with Crippen LogP contribution in [-0.2, 0) is 33.8 Å². The second-order valence-corrected chi connectivity index (χ2v) is 7.61. The average Bonchev–Trinajstić information content (AvgIpc) is 2.91. The Morgan fingerprint density at radius 2 is 1.77 bits per heavy atom. The van der Waals surface area contributed by atoms with Crippen LogP contribution in [-0.4, -0.2) is 17.5 Å². The van der Waals surface area contributed by atoms with Crippen LogP contribution in [0.3, 0.4) is 0 Å². The molecule has 4 nitrogen and oxygen atoms in total. The molecule has 0 atom stereocenters. The number of benzene rings is 3. The molecule has 0 aliphatic carbocycles. The molecule has 4 heteroatoms. The van der Waals surface area contributed by atoms with Crippen molar-refractivity contribution in [2.45, 2.75) is 32.8 Å². The van der Waals surface area contributed by atoms with Crippen LogP contribution in [0.2, 0.25) is 0 Å². The third kappa shape index (κ3) is 4.90. The lowest BCUT2D eigenvalue weighted by molar-refractivity contribution is -0.144. The minimum absolute atomic E-state index is 0.123. The number of nitrogens with zero attached hydrogens (tertiary/aromatic N) is 1. The highest BCUT2D eigenvalue weighted by Crippen LogP contribution is 2.27. The molecule has 30 heavy (non-hydrogen) atoms. The molecule has 0 N–H and O–H groups in total. The van der Waals surface area contributed by atoms with E-state index >= 15 is 0 Å². The van der Waals surface area contributed by atoms with Gasteiger partial charge in [0.05, 0.1) is 17.8 Å². The Balaban J connectivity index is 1.50. The summed E-state index contributed by atoms with van der Waals surface area (Å²) in [7, 11) is 0. The van der Waals surface area contributed by atoms with Gasteiger partial charge in [0, 0.05) is 12.8 Å². The third-order valence-electron chi connectivity index (χ3n) is 5.09. The number of hydrogen-bond donors (Lipinski definition) is 0. The lowest BCUT2D eigenvalue weighted by Gasteiger charge is -2.08. The van der Waals surface area contributed by atoms with E-state index in [0.717, 1.165) is 39.2 Å². The second kappa shape index (κ2) is 8.87. The summed E-state index contributed by atoms with van der Waals surface area (Å²) in [6.45, 7) is 2.28. The molecule has 3 aromatic rings. The van der Waals surface area contributed by atoms with Gasteiger partial charge in [-0.1, -0.05) is 72.3 Å². The van der Waals surface area contributed by atoms with Crippen LogP contribution < -0.4 is 0 Å². The molecule has 0 fully saturated rings.